The van der Waals surface area contributed by atoms with Gasteiger partial charge in [0.15, 0.2) is 0 Å². The van der Waals surface area contributed by atoms with Crippen molar-refractivity contribution >= 4 is 11.9 Å². The molecule has 0 spiro atoms. The predicted molar refractivity (Wildman–Crippen MR) is 144 cm³/mol. The van der Waals surface area contributed by atoms with Crippen LogP contribution in [0.5, 0.6) is 0 Å². The Balaban J connectivity index is 4.17. The van der Waals surface area contributed by atoms with Crippen molar-refractivity contribution in [2.75, 3.05) is 0 Å². The summed E-state index contributed by atoms with van der Waals surface area (Å²) in [6.45, 7) is 4.49. The highest BCUT2D eigenvalue weighted by atomic mass is 16.4. The number of carboxylic acids is 2. The molecule has 0 heterocycles. The number of unbranched alkanes of at least 4 members (excludes halogenated alkanes) is 18. The Morgan fingerprint density at radius 3 is 1.21 bits per heavy atom. The minimum atomic E-state index is -0.809. The summed E-state index contributed by atoms with van der Waals surface area (Å²) in [7, 11) is 0. The lowest BCUT2D eigenvalue weighted by atomic mass is 9.81. The van der Waals surface area contributed by atoms with Gasteiger partial charge in [-0.1, -0.05) is 142 Å². The number of aliphatic carboxylic acids is 2. The normalized spacial score (nSPS) is 13.1. The molecule has 0 aliphatic carbocycles. The smallest absolute Gasteiger partial charge is 0.306 e. The molecule has 4 nitrogen and oxygen atoms in total. The highest BCUT2D eigenvalue weighted by Crippen LogP contribution is 2.29. The second kappa shape index (κ2) is 25.0. The summed E-state index contributed by atoms with van der Waals surface area (Å²) in [4.78, 5) is 23.1. The van der Waals surface area contributed by atoms with Crippen molar-refractivity contribution in [1.82, 2.24) is 0 Å². The van der Waals surface area contributed by atoms with Crippen LogP contribution in [0.25, 0.3) is 0 Å². The van der Waals surface area contributed by atoms with Crippen LogP contribution >= 0.6 is 0 Å². The molecule has 0 bridgehead atoms. The summed E-state index contributed by atoms with van der Waals surface area (Å²) in [5, 5.41) is 19.0. The van der Waals surface area contributed by atoms with Crippen molar-refractivity contribution in [3.63, 3.8) is 0 Å². The SMILES string of the molecule is CCCCCCCCCCCCC(CCC(=O)O)C(CCCCCCCCCCCC)C(=O)O. The zero-order valence-electron chi connectivity index (χ0n) is 22.8. The van der Waals surface area contributed by atoms with Gasteiger partial charge in [-0.05, 0) is 25.2 Å². The average Bonchev–Trinajstić information content (AvgIpc) is 2.81. The Morgan fingerprint density at radius 2 is 0.853 bits per heavy atom. The Kier molecular flexibility index (Phi) is 24.3. The van der Waals surface area contributed by atoms with Crippen LogP contribution in [0, 0.1) is 11.8 Å². The molecule has 2 unspecified atom stereocenters. The molecule has 2 N–H and O–H groups in total. The quantitative estimate of drug-likeness (QED) is 0.114. The van der Waals surface area contributed by atoms with Gasteiger partial charge in [-0.2, -0.15) is 0 Å². The zero-order chi connectivity index (χ0) is 25.3. The van der Waals surface area contributed by atoms with E-state index in [1.54, 1.807) is 0 Å². The minimum absolute atomic E-state index is 0.00112. The van der Waals surface area contributed by atoms with Crippen molar-refractivity contribution in [2.45, 2.75) is 168 Å². The molecular formula is C30H58O4. The molecule has 0 saturated heterocycles. The third-order valence-corrected chi connectivity index (χ3v) is 7.41. The fourth-order valence-electron chi connectivity index (χ4n) is 5.16. The monoisotopic (exact) mass is 482 g/mol. The summed E-state index contributed by atoms with van der Waals surface area (Å²) < 4.78 is 0. The molecule has 0 fully saturated rings. The summed E-state index contributed by atoms with van der Waals surface area (Å²) in [6, 6.07) is 0. The van der Waals surface area contributed by atoms with E-state index < -0.39 is 11.9 Å². The molecule has 0 aromatic heterocycles. The first kappa shape index (κ1) is 32.9. The van der Waals surface area contributed by atoms with Gasteiger partial charge in [-0.25, -0.2) is 0 Å². The number of rotatable bonds is 27. The van der Waals surface area contributed by atoms with Crippen LogP contribution in [0.3, 0.4) is 0 Å². The molecule has 0 aromatic rings. The first-order chi connectivity index (χ1) is 16.5. The fourth-order valence-corrected chi connectivity index (χ4v) is 5.16. The van der Waals surface area contributed by atoms with Crippen LogP contribution in [0.2, 0.25) is 0 Å². The summed E-state index contributed by atoms with van der Waals surface area (Å²) in [5.74, 6) is -1.91. The van der Waals surface area contributed by atoms with Crippen molar-refractivity contribution in [3.8, 4) is 0 Å². The fraction of sp³-hybridized carbons (Fsp3) is 0.933. The molecule has 0 radical (unpaired) electrons. The van der Waals surface area contributed by atoms with E-state index in [4.69, 9.17) is 5.11 Å². The van der Waals surface area contributed by atoms with Crippen LogP contribution in [-0.2, 0) is 9.59 Å². The van der Waals surface area contributed by atoms with Crippen LogP contribution < -0.4 is 0 Å². The molecule has 0 saturated carbocycles. The van der Waals surface area contributed by atoms with Gasteiger partial charge in [0.25, 0.3) is 0 Å². The van der Waals surface area contributed by atoms with E-state index in [1.165, 1.54) is 103 Å². The Bertz CT molecular complexity index is 463. The third kappa shape index (κ3) is 21.5. The van der Waals surface area contributed by atoms with Crippen molar-refractivity contribution < 1.29 is 19.8 Å². The number of hydrogen-bond donors (Lipinski definition) is 2. The van der Waals surface area contributed by atoms with Gasteiger partial charge in [0.05, 0.1) is 5.92 Å². The second-order valence-electron chi connectivity index (χ2n) is 10.6. The lowest BCUT2D eigenvalue weighted by Gasteiger charge is -2.24. The largest absolute Gasteiger partial charge is 0.481 e. The van der Waals surface area contributed by atoms with Gasteiger partial charge in [0.2, 0.25) is 0 Å². The first-order valence-corrected chi connectivity index (χ1v) is 15.0. The number of hydrogen-bond acceptors (Lipinski definition) is 2. The van der Waals surface area contributed by atoms with Gasteiger partial charge < -0.3 is 10.2 Å². The molecule has 34 heavy (non-hydrogen) atoms. The van der Waals surface area contributed by atoms with Crippen molar-refractivity contribution in [2.24, 2.45) is 11.8 Å². The lowest BCUT2D eigenvalue weighted by Crippen LogP contribution is -2.24. The summed E-state index contributed by atoms with van der Waals surface area (Å²) in [5.41, 5.74) is 0. The maximum atomic E-state index is 12.0. The van der Waals surface area contributed by atoms with E-state index >= 15 is 0 Å². The van der Waals surface area contributed by atoms with Gasteiger partial charge in [-0.3, -0.25) is 9.59 Å². The molecule has 0 aliphatic heterocycles. The average molecular weight is 483 g/mol. The van der Waals surface area contributed by atoms with Crippen LogP contribution in [-0.4, -0.2) is 22.2 Å². The zero-order valence-corrected chi connectivity index (χ0v) is 22.8. The van der Waals surface area contributed by atoms with E-state index in [1.807, 2.05) is 0 Å². The molecular weight excluding hydrogens is 424 g/mol. The van der Waals surface area contributed by atoms with Gasteiger partial charge >= 0.3 is 11.9 Å². The van der Waals surface area contributed by atoms with E-state index in [9.17, 15) is 14.7 Å². The first-order valence-electron chi connectivity index (χ1n) is 15.0. The predicted octanol–water partition coefficient (Wildman–Crippen LogP) is 9.79. The number of carboxylic acid groups (broad SMARTS) is 2. The van der Waals surface area contributed by atoms with E-state index in [0.29, 0.717) is 12.8 Å². The molecule has 4 heteroatoms. The summed E-state index contributed by atoms with van der Waals surface area (Å²) >= 11 is 0. The molecule has 0 aromatic carbocycles. The van der Waals surface area contributed by atoms with Gasteiger partial charge in [-0.15, -0.1) is 0 Å². The Hall–Kier alpha value is -1.06. The van der Waals surface area contributed by atoms with Gasteiger partial charge in [0, 0.05) is 6.42 Å². The number of carbonyl (C=O) groups is 2. The Morgan fingerprint density at radius 1 is 0.500 bits per heavy atom. The highest BCUT2D eigenvalue weighted by Gasteiger charge is 2.27. The molecule has 2 atom stereocenters. The van der Waals surface area contributed by atoms with E-state index in [2.05, 4.69) is 13.8 Å². The lowest BCUT2D eigenvalue weighted by molar-refractivity contribution is -0.145. The Labute approximate surface area is 211 Å². The van der Waals surface area contributed by atoms with Crippen molar-refractivity contribution in [3.05, 3.63) is 0 Å². The van der Waals surface area contributed by atoms with Crippen LogP contribution in [0.4, 0.5) is 0 Å². The minimum Gasteiger partial charge on any atom is -0.481 e. The van der Waals surface area contributed by atoms with Crippen LogP contribution in [0.15, 0.2) is 0 Å². The molecule has 0 amide bonds. The second-order valence-corrected chi connectivity index (χ2v) is 10.6. The molecule has 202 valence electrons. The van der Waals surface area contributed by atoms with Crippen LogP contribution in [0.1, 0.15) is 168 Å². The van der Waals surface area contributed by atoms with Gasteiger partial charge in [0.1, 0.15) is 0 Å². The standard InChI is InChI=1S/C30H58O4/c1-3-5-7-9-11-13-15-17-19-21-23-27(25-26-29(31)32)28(30(33)34)24-22-20-18-16-14-12-10-8-6-4-2/h27-28H,3-26H2,1-2H3,(H,31,32)(H,33,34). The maximum absolute atomic E-state index is 12.0. The highest BCUT2D eigenvalue weighted by molar-refractivity contribution is 5.70. The van der Waals surface area contributed by atoms with E-state index in [-0.39, 0.29) is 18.3 Å². The van der Waals surface area contributed by atoms with E-state index in [0.717, 1.165) is 32.1 Å². The topological polar surface area (TPSA) is 74.6 Å². The van der Waals surface area contributed by atoms with Crippen molar-refractivity contribution in [1.29, 1.82) is 0 Å². The third-order valence-electron chi connectivity index (χ3n) is 7.41. The molecule has 0 rings (SSSR count). The molecule has 0 aliphatic rings. The maximum Gasteiger partial charge on any atom is 0.306 e. The summed E-state index contributed by atoms with van der Waals surface area (Å²) in [6.07, 6.45) is 27.3.